The van der Waals surface area contributed by atoms with Gasteiger partial charge in [0, 0.05) is 36.5 Å². The highest BCUT2D eigenvalue weighted by Crippen LogP contribution is 2.28. The molecule has 0 radical (unpaired) electrons. The fraction of sp³-hybridized carbons (Fsp3) is 0.733. The van der Waals surface area contributed by atoms with Gasteiger partial charge >= 0.3 is 0 Å². The van der Waals surface area contributed by atoms with E-state index in [4.69, 9.17) is 9.72 Å². The lowest BCUT2D eigenvalue weighted by Gasteiger charge is -2.25. The Bertz CT molecular complexity index is 429. The Balaban J connectivity index is 1.74. The van der Waals surface area contributed by atoms with Crippen LogP contribution in [-0.2, 0) is 17.6 Å². The molecule has 2 atom stereocenters. The van der Waals surface area contributed by atoms with Crippen molar-refractivity contribution in [3.8, 4) is 0 Å². The summed E-state index contributed by atoms with van der Waals surface area (Å²) in [6.07, 6.45) is 9.11. The van der Waals surface area contributed by atoms with Crippen molar-refractivity contribution < 1.29 is 4.74 Å². The number of aromatic nitrogens is 2. The first-order valence-electron chi connectivity index (χ1n) is 7.56. The van der Waals surface area contributed by atoms with E-state index >= 15 is 0 Å². The predicted molar refractivity (Wildman–Crippen MR) is 74.1 cm³/mol. The van der Waals surface area contributed by atoms with Crippen LogP contribution in [0.5, 0.6) is 0 Å². The lowest BCUT2D eigenvalue weighted by molar-refractivity contribution is 0.110. The Kier molecular flexibility index (Phi) is 4.09. The molecule has 4 heteroatoms. The molecule has 2 unspecified atom stereocenters. The van der Waals surface area contributed by atoms with E-state index in [1.54, 1.807) is 0 Å². The zero-order valence-electron chi connectivity index (χ0n) is 11.7. The Morgan fingerprint density at radius 1 is 1.37 bits per heavy atom. The summed E-state index contributed by atoms with van der Waals surface area (Å²) in [6, 6.07) is 0.450. The van der Waals surface area contributed by atoms with Crippen LogP contribution < -0.4 is 5.32 Å². The van der Waals surface area contributed by atoms with Gasteiger partial charge in [0.15, 0.2) is 0 Å². The third kappa shape index (κ3) is 2.95. The second-order valence-electron chi connectivity index (χ2n) is 5.53. The monoisotopic (exact) mass is 261 g/mol. The van der Waals surface area contributed by atoms with Crippen LogP contribution in [0.1, 0.15) is 55.7 Å². The number of hydrogen-bond donors (Lipinski definition) is 1. The molecule has 19 heavy (non-hydrogen) atoms. The van der Waals surface area contributed by atoms with Crippen molar-refractivity contribution in [3.05, 3.63) is 23.3 Å². The van der Waals surface area contributed by atoms with Crippen LogP contribution in [-0.4, -0.2) is 29.2 Å². The summed E-state index contributed by atoms with van der Waals surface area (Å²) in [6.45, 7) is 4.06. The fourth-order valence-electron chi connectivity index (χ4n) is 3.15. The van der Waals surface area contributed by atoms with E-state index in [2.05, 4.69) is 17.2 Å². The van der Waals surface area contributed by atoms with Gasteiger partial charge in [0.25, 0.3) is 0 Å². The minimum absolute atomic E-state index is 0.339. The van der Waals surface area contributed by atoms with Gasteiger partial charge < -0.3 is 10.1 Å². The third-order valence-electron chi connectivity index (χ3n) is 4.12. The van der Waals surface area contributed by atoms with E-state index < -0.39 is 0 Å². The predicted octanol–water partition coefficient (Wildman–Crippen LogP) is 2.18. The quantitative estimate of drug-likeness (QED) is 0.902. The van der Waals surface area contributed by atoms with Crippen LogP contribution in [0.4, 0.5) is 0 Å². The topological polar surface area (TPSA) is 47.0 Å². The second kappa shape index (κ2) is 5.97. The van der Waals surface area contributed by atoms with Crippen LogP contribution in [0, 0.1) is 0 Å². The van der Waals surface area contributed by atoms with Crippen LogP contribution in [0.3, 0.4) is 0 Å². The Labute approximate surface area is 115 Å². The van der Waals surface area contributed by atoms with Crippen LogP contribution in [0.2, 0.25) is 0 Å². The zero-order valence-corrected chi connectivity index (χ0v) is 11.7. The van der Waals surface area contributed by atoms with Crippen molar-refractivity contribution in [2.24, 2.45) is 0 Å². The molecule has 1 aromatic heterocycles. The number of hydrogen-bond acceptors (Lipinski definition) is 4. The highest BCUT2D eigenvalue weighted by atomic mass is 16.5. The maximum atomic E-state index is 5.67. The van der Waals surface area contributed by atoms with Gasteiger partial charge in [-0.2, -0.15) is 0 Å². The molecule has 0 amide bonds. The van der Waals surface area contributed by atoms with Crippen LogP contribution in [0.25, 0.3) is 0 Å². The molecule has 2 aliphatic rings. The first-order chi connectivity index (χ1) is 9.36. The number of aryl methyl sites for hydroxylation is 1. The minimum atomic E-state index is 0.339. The molecule has 0 spiro atoms. The molecule has 4 nitrogen and oxygen atoms in total. The van der Waals surface area contributed by atoms with E-state index in [0.717, 1.165) is 38.2 Å². The SMILES string of the molecule is CCNC1CCCc2nc(CC3CCCO3)ncc21. The Morgan fingerprint density at radius 2 is 2.32 bits per heavy atom. The summed E-state index contributed by atoms with van der Waals surface area (Å²) >= 11 is 0. The molecule has 0 bridgehead atoms. The van der Waals surface area contributed by atoms with Crippen LogP contribution in [0.15, 0.2) is 6.20 Å². The third-order valence-corrected chi connectivity index (χ3v) is 4.12. The van der Waals surface area contributed by atoms with Gasteiger partial charge in [0.2, 0.25) is 0 Å². The van der Waals surface area contributed by atoms with Crippen molar-refractivity contribution in [1.82, 2.24) is 15.3 Å². The lowest BCUT2D eigenvalue weighted by Crippen LogP contribution is -2.26. The van der Waals surface area contributed by atoms with Crippen molar-refractivity contribution in [2.45, 2.75) is 57.6 Å². The van der Waals surface area contributed by atoms with E-state index in [0.29, 0.717) is 12.1 Å². The normalized spacial score (nSPS) is 26.4. The van der Waals surface area contributed by atoms with Crippen molar-refractivity contribution in [1.29, 1.82) is 0 Å². The average Bonchev–Trinajstić information content (AvgIpc) is 2.92. The summed E-state index contributed by atoms with van der Waals surface area (Å²) in [4.78, 5) is 9.34. The van der Waals surface area contributed by atoms with Gasteiger partial charge in [-0.25, -0.2) is 9.97 Å². The van der Waals surface area contributed by atoms with Gasteiger partial charge in [-0.05, 0) is 38.6 Å². The molecule has 0 aromatic carbocycles. The lowest BCUT2D eigenvalue weighted by atomic mass is 9.92. The molecule has 1 aliphatic carbocycles. The molecule has 1 N–H and O–H groups in total. The van der Waals surface area contributed by atoms with Gasteiger partial charge in [-0.1, -0.05) is 6.92 Å². The molecule has 1 fully saturated rings. The van der Waals surface area contributed by atoms with Gasteiger partial charge in [0.1, 0.15) is 5.82 Å². The average molecular weight is 261 g/mol. The van der Waals surface area contributed by atoms with Crippen molar-refractivity contribution in [3.63, 3.8) is 0 Å². The number of rotatable bonds is 4. The van der Waals surface area contributed by atoms with E-state index in [1.807, 2.05) is 6.20 Å². The van der Waals surface area contributed by atoms with Crippen molar-refractivity contribution in [2.75, 3.05) is 13.2 Å². The summed E-state index contributed by atoms with van der Waals surface area (Å²) in [5.41, 5.74) is 2.56. The summed E-state index contributed by atoms with van der Waals surface area (Å²) in [5, 5.41) is 3.53. The number of nitrogens with zero attached hydrogens (tertiary/aromatic N) is 2. The number of ether oxygens (including phenoxy) is 1. The highest BCUT2D eigenvalue weighted by Gasteiger charge is 2.23. The minimum Gasteiger partial charge on any atom is -0.378 e. The van der Waals surface area contributed by atoms with Gasteiger partial charge in [-0.15, -0.1) is 0 Å². The maximum absolute atomic E-state index is 5.67. The van der Waals surface area contributed by atoms with E-state index in [1.165, 1.54) is 30.5 Å². The second-order valence-corrected chi connectivity index (χ2v) is 5.53. The summed E-state index contributed by atoms with van der Waals surface area (Å²) < 4.78 is 5.67. The molecular formula is C15H23N3O. The molecule has 2 heterocycles. The van der Waals surface area contributed by atoms with Crippen molar-refractivity contribution >= 4 is 0 Å². The summed E-state index contributed by atoms with van der Waals surface area (Å²) in [7, 11) is 0. The molecule has 1 aromatic rings. The molecule has 104 valence electrons. The molecule has 1 saturated heterocycles. The first-order valence-corrected chi connectivity index (χ1v) is 7.56. The number of nitrogens with one attached hydrogen (secondary N) is 1. The molecular weight excluding hydrogens is 238 g/mol. The Morgan fingerprint density at radius 3 is 3.11 bits per heavy atom. The smallest absolute Gasteiger partial charge is 0.131 e. The summed E-state index contributed by atoms with van der Waals surface area (Å²) in [5.74, 6) is 0.961. The van der Waals surface area contributed by atoms with E-state index in [-0.39, 0.29) is 0 Å². The molecule has 0 saturated carbocycles. The maximum Gasteiger partial charge on any atom is 0.131 e. The van der Waals surface area contributed by atoms with Crippen LogP contribution >= 0.6 is 0 Å². The zero-order chi connectivity index (χ0) is 13.1. The van der Waals surface area contributed by atoms with Gasteiger partial charge in [-0.3, -0.25) is 0 Å². The van der Waals surface area contributed by atoms with Gasteiger partial charge in [0.05, 0.1) is 6.10 Å². The number of fused-ring (bicyclic) bond motifs is 1. The Hall–Kier alpha value is -1.00. The first kappa shape index (κ1) is 13.0. The fourth-order valence-corrected chi connectivity index (χ4v) is 3.15. The molecule has 3 rings (SSSR count). The largest absolute Gasteiger partial charge is 0.378 e. The molecule has 1 aliphatic heterocycles. The van der Waals surface area contributed by atoms with E-state index in [9.17, 15) is 0 Å². The standard InChI is InChI=1S/C15H23N3O/c1-2-16-13-6-3-7-14-12(13)10-17-15(18-14)9-11-5-4-8-19-11/h10-11,13,16H,2-9H2,1H3. The highest BCUT2D eigenvalue weighted by molar-refractivity contribution is 5.24.